The highest BCUT2D eigenvalue weighted by Crippen LogP contribution is 2.56. The molecule has 0 N–H and O–H groups in total. The Bertz CT molecular complexity index is 1390. The van der Waals surface area contributed by atoms with Crippen molar-refractivity contribution in [3.63, 3.8) is 0 Å². The summed E-state index contributed by atoms with van der Waals surface area (Å²) in [6.07, 6.45) is 3.85. The first-order valence-electron chi connectivity index (χ1n) is 10.9. The van der Waals surface area contributed by atoms with Gasteiger partial charge in [0.2, 0.25) is 5.72 Å². The molecule has 5 rings (SSSR count). The van der Waals surface area contributed by atoms with Crippen molar-refractivity contribution >= 4 is 17.5 Å². The number of para-hydroxylation sites is 1. The molecule has 1 atom stereocenters. The highest BCUT2D eigenvalue weighted by atomic mass is 16.6. The van der Waals surface area contributed by atoms with Crippen LogP contribution in [0.25, 0.3) is 6.08 Å². The van der Waals surface area contributed by atoms with Crippen LogP contribution in [-0.2, 0) is 12.0 Å². The van der Waals surface area contributed by atoms with Gasteiger partial charge >= 0.3 is 0 Å². The number of nitro groups is 1. The summed E-state index contributed by atoms with van der Waals surface area (Å²) >= 11 is 0. The van der Waals surface area contributed by atoms with Crippen LogP contribution in [0.1, 0.15) is 36.1 Å². The Balaban J connectivity index is 1.68. The Morgan fingerprint density at radius 2 is 1.94 bits per heavy atom. The molecule has 3 aromatic rings. The second-order valence-corrected chi connectivity index (χ2v) is 9.00. The number of nitrogens with zero attached hydrogens (tertiary/aromatic N) is 3. The molecule has 3 aromatic carbocycles. The molecule has 2 heterocycles. The summed E-state index contributed by atoms with van der Waals surface area (Å²) in [4.78, 5) is 13.2. The largest absolute Gasteiger partial charge is 0.493 e. The fraction of sp³-hybridized carbons (Fsp3) is 0.222. The molecule has 2 aliphatic rings. The molecule has 7 nitrogen and oxygen atoms in total. The molecule has 0 bridgehead atoms. The highest BCUT2D eigenvalue weighted by Gasteiger charge is 2.59. The predicted octanol–water partition coefficient (Wildman–Crippen LogP) is 5.57. The zero-order valence-corrected chi connectivity index (χ0v) is 19.1. The van der Waals surface area contributed by atoms with Gasteiger partial charge in [0.15, 0.2) is 11.5 Å². The Morgan fingerprint density at radius 1 is 1.15 bits per heavy atom. The third kappa shape index (κ3) is 3.03. The van der Waals surface area contributed by atoms with Crippen molar-refractivity contribution in [2.24, 2.45) is 0 Å². The van der Waals surface area contributed by atoms with Gasteiger partial charge in [0.05, 0.1) is 35.1 Å². The lowest BCUT2D eigenvalue weighted by Crippen LogP contribution is -2.59. The van der Waals surface area contributed by atoms with E-state index in [1.54, 1.807) is 6.07 Å². The van der Waals surface area contributed by atoms with Gasteiger partial charge in [0, 0.05) is 23.9 Å². The van der Waals surface area contributed by atoms with Gasteiger partial charge in [0.25, 0.3) is 5.69 Å². The summed E-state index contributed by atoms with van der Waals surface area (Å²) in [7, 11) is 1.48. The van der Waals surface area contributed by atoms with E-state index in [9.17, 15) is 15.4 Å². The number of methoxy groups -OCH3 is 1. The Labute approximate surface area is 197 Å². The van der Waals surface area contributed by atoms with E-state index in [1.165, 1.54) is 19.2 Å². The maximum atomic E-state index is 11.4. The van der Waals surface area contributed by atoms with Crippen LogP contribution < -0.4 is 14.4 Å². The molecule has 1 unspecified atom stereocenters. The second-order valence-electron chi connectivity index (χ2n) is 9.00. The number of nitro benzene ring substituents is 1. The molecule has 0 aliphatic carbocycles. The van der Waals surface area contributed by atoms with Gasteiger partial charge in [-0.05, 0) is 55.3 Å². The van der Waals surface area contributed by atoms with Gasteiger partial charge in [-0.25, -0.2) is 0 Å². The molecular formula is C27H23N3O4. The molecule has 2 aliphatic heterocycles. The van der Waals surface area contributed by atoms with Gasteiger partial charge in [-0.15, -0.1) is 0 Å². The van der Waals surface area contributed by atoms with Crippen LogP contribution in [0.5, 0.6) is 11.5 Å². The number of nitriles is 1. The van der Waals surface area contributed by atoms with Gasteiger partial charge in [-0.1, -0.05) is 30.3 Å². The minimum Gasteiger partial charge on any atom is -0.493 e. The maximum absolute atomic E-state index is 11.4. The summed E-state index contributed by atoms with van der Waals surface area (Å²) < 4.78 is 12.3. The Morgan fingerprint density at radius 3 is 2.68 bits per heavy atom. The van der Waals surface area contributed by atoms with Crippen LogP contribution in [0.4, 0.5) is 11.4 Å². The number of benzene rings is 3. The molecular weight excluding hydrogens is 430 g/mol. The van der Waals surface area contributed by atoms with E-state index in [-0.39, 0.29) is 5.69 Å². The lowest BCUT2D eigenvalue weighted by atomic mass is 9.76. The van der Waals surface area contributed by atoms with E-state index in [0.29, 0.717) is 29.2 Å². The first-order chi connectivity index (χ1) is 16.3. The molecule has 170 valence electrons. The van der Waals surface area contributed by atoms with E-state index in [4.69, 9.17) is 9.47 Å². The Kier molecular flexibility index (Phi) is 4.83. The first kappa shape index (κ1) is 21.5. The van der Waals surface area contributed by atoms with Gasteiger partial charge in [0.1, 0.15) is 0 Å². The average Bonchev–Trinajstić information content (AvgIpc) is 3.02. The standard InChI is InChI=1S/C27H23N3O4/c1-26(2)22-9-4-5-10-23(22)29(17-19-8-6-7-18(13-19)16-28)27(26)12-11-20-14-21(30(31)32)15-24(33-3)25(20)34-27/h4-15H,17H2,1-3H3. The van der Waals surface area contributed by atoms with Crippen LogP contribution >= 0.6 is 0 Å². The highest BCUT2D eigenvalue weighted by molar-refractivity contribution is 5.75. The van der Waals surface area contributed by atoms with E-state index in [2.05, 4.69) is 36.9 Å². The van der Waals surface area contributed by atoms with Crippen LogP contribution in [0.2, 0.25) is 0 Å². The van der Waals surface area contributed by atoms with Crippen molar-refractivity contribution in [3.05, 3.63) is 99.1 Å². The van der Waals surface area contributed by atoms with Crippen molar-refractivity contribution < 1.29 is 14.4 Å². The second kappa shape index (κ2) is 7.63. The molecule has 0 radical (unpaired) electrons. The molecule has 0 saturated heterocycles. The molecule has 1 spiro atoms. The number of hydrogen-bond donors (Lipinski definition) is 0. The van der Waals surface area contributed by atoms with Gasteiger partial charge in [-0.2, -0.15) is 5.26 Å². The molecule has 0 amide bonds. The number of anilines is 1. The number of non-ortho nitro benzene ring substituents is 1. The summed E-state index contributed by atoms with van der Waals surface area (Å²) in [5.74, 6) is 0.776. The van der Waals surface area contributed by atoms with E-state index >= 15 is 0 Å². The summed E-state index contributed by atoms with van der Waals surface area (Å²) in [6.45, 7) is 4.76. The van der Waals surface area contributed by atoms with Crippen molar-refractivity contribution in [1.82, 2.24) is 0 Å². The van der Waals surface area contributed by atoms with Crippen molar-refractivity contribution in [3.8, 4) is 17.6 Å². The third-order valence-electron chi connectivity index (χ3n) is 6.81. The minimum absolute atomic E-state index is 0.0565. The number of rotatable bonds is 4. The van der Waals surface area contributed by atoms with Crippen LogP contribution in [0, 0.1) is 21.4 Å². The molecule has 0 fully saturated rings. The molecule has 7 heteroatoms. The van der Waals surface area contributed by atoms with E-state index in [0.717, 1.165) is 16.8 Å². The van der Waals surface area contributed by atoms with Crippen LogP contribution in [0.3, 0.4) is 0 Å². The SMILES string of the molecule is COc1cc([N+](=O)[O-])cc2c1OC1(C=C2)N(Cc2cccc(C#N)c2)c2ccccc2C1(C)C. The average molecular weight is 453 g/mol. The minimum atomic E-state index is -0.921. The van der Waals surface area contributed by atoms with Crippen molar-refractivity contribution in [1.29, 1.82) is 5.26 Å². The van der Waals surface area contributed by atoms with Crippen LogP contribution in [-0.4, -0.2) is 17.8 Å². The fourth-order valence-electron chi connectivity index (χ4n) is 5.04. The maximum Gasteiger partial charge on any atom is 0.274 e. The number of fused-ring (bicyclic) bond motifs is 2. The summed E-state index contributed by atoms with van der Waals surface area (Å²) in [5.41, 5.74) is 2.87. The monoisotopic (exact) mass is 453 g/mol. The smallest absolute Gasteiger partial charge is 0.274 e. The van der Waals surface area contributed by atoms with Crippen molar-refractivity contribution in [2.75, 3.05) is 12.0 Å². The molecule has 34 heavy (non-hydrogen) atoms. The summed E-state index contributed by atoms with van der Waals surface area (Å²) in [6, 6.07) is 20.8. The third-order valence-corrected chi connectivity index (χ3v) is 6.81. The first-order valence-corrected chi connectivity index (χ1v) is 10.9. The molecule has 0 aromatic heterocycles. The van der Waals surface area contributed by atoms with Crippen molar-refractivity contribution in [2.45, 2.75) is 31.5 Å². The lowest BCUT2D eigenvalue weighted by Gasteiger charge is -2.47. The molecule has 0 saturated carbocycles. The lowest BCUT2D eigenvalue weighted by molar-refractivity contribution is -0.385. The van der Waals surface area contributed by atoms with Crippen LogP contribution in [0.15, 0.2) is 66.7 Å². The van der Waals surface area contributed by atoms with Gasteiger partial charge in [-0.3, -0.25) is 10.1 Å². The zero-order valence-electron chi connectivity index (χ0n) is 19.1. The van der Waals surface area contributed by atoms with E-state index in [1.807, 2.05) is 42.5 Å². The fourth-order valence-corrected chi connectivity index (χ4v) is 5.04. The quantitative estimate of drug-likeness (QED) is 0.379. The van der Waals surface area contributed by atoms with Gasteiger partial charge < -0.3 is 14.4 Å². The van der Waals surface area contributed by atoms with E-state index < -0.39 is 16.1 Å². The normalized spacial score (nSPS) is 19.2. The summed E-state index contributed by atoms with van der Waals surface area (Å²) in [5, 5.41) is 20.8. The predicted molar refractivity (Wildman–Crippen MR) is 129 cm³/mol. The number of ether oxygens (including phenoxy) is 2. The Hall–Kier alpha value is -4.31. The zero-order chi connectivity index (χ0) is 24.1. The number of hydrogen-bond acceptors (Lipinski definition) is 6. The topological polar surface area (TPSA) is 88.6 Å².